The van der Waals surface area contributed by atoms with Gasteiger partial charge in [0.25, 0.3) is 0 Å². The molecule has 1 N–H and O–H groups in total. The van der Waals surface area contributed by atoms with Crippen LogP contribution in [0.1, 0.15) is 33.6 Å². The largest absolute Gasteiger partial charge is 0.373 e. The van der Waals surface area contributed by atoms with Crippen molar-refractivity contribution < 1.29 is 14.3 Å². The van der Waals surface area contributed by atoms with Gasteiger partial charge in [0.05, 0.1) is 18.1 Å². The Morgan fingerprint density at radius 1 is 1.50 bits per heavy atom. The molecule has 0 aromatic rings. The molecule has 4 nitrogen and oxygen atoms in total. The van der Waals surface area contributed by atoms with Crippen LogP contribution in [0.5, 0.6) is 0 Å². The first kappa shape index (κ1) is 11.2. The summed E-state index contributed by atoms with van der Waals surface area (Å²) in [4.78, 5) is 22.0. The van der Waals surface area contributed by atoms with E-state index in [-0.39, 0.29) is 29.8 Å². The van der Waals surface area contributed by atoms with E-state index in [1.165, 1.54) is 6.92 Å². The lowest BCUT2D eigenvalue weighted by Crippen LogP contribution is -2.46. The molecule has 0 aromatic heterocycles. The number of Topliss-reactive ketones (excluding diaryl/α,β-unsaturated/α-hetero) is 1. The van der Waals surface area contributed by atoms with Gasteiger partial charge in [-0.2, -0.15) is 0 Å². The Kier molecular flexibility index (Phi) is 3.26. The molecule has 1 amide bonds. The van der Waals surface area contributed by atoms with Crippen molar-refractivity contribution in [2.24, 2.45) is 0 Å². The molecule has 0 bridgehead atoms. The Hall–Kier alpha value is -0.900. The quantitative estimate of drug-likeness (QED) is 0.679. The maximum atomic E-state index is 11.3. The molecule has 14 heavy (non-hydrogen) atoms. The van der Waals surface area contributed by atoms with Crippen LogP contribution < -0.4 is 5.32 Å². The second-order valence-corrected chi connectivity index (χ2v) is 4.24. The second-order valence-electron chi connectivity index (χ2n) is 4.24. The summed E-state index contributed by atoms with van der Waals surface area (Å²) in [5.41, 5.74) is -0.313. The third-order valence-electron chi connectivity index (χ3n) is 2.46. The zero-order valence-electron chi connectivity index (χ0n) is 8.92. The number of rotatable bonds is 3. The Labute approximate surface area is 84.0 Å². The molecule has 0 radical (unpaired) electrons. The highest BCUT2D eigenvalue weighted by atomic mass is 16.5. The summed E-state index contributed by atoms with van der Waals surface area (Å²) in [7, 11) is 0. The molecule has 1 saturated heterocycles. The van der Waals surface area contributed by atoms with Gasteiger partial charge in [0.2, 0.25) is 5.91 Å². The van der Waals surface area contributed by atoms with E-state index >= 15 is 0 Å². The Morgan fingerprint density at radius 2 is 2.14 bits per heavy atom. The summed E-state index contributed by atoms with van der Waals surface area (Å²) in [6.45, 7) is 5.96. The van der Waals surface area contributed by atoms with Crippen LogP contribution in [0.2, 0.25) is 0 Å². The summed E-state index contributed by atoms with van der Waals surface area (Å²) in [6, 6.07) is 0.0225. The Balaban J connectivity index is 2.44. The Morgan fingerprint density at radius 3 is 2.57 bits per heavy atom. The molecule has 1 fully saturated rings. The van der Waals surface area contributed by atoms with Gasteiger partial charge in [0, 0.05) is 6.61 Å². The zero-order chi connectivity index (χ0) is 10.8. The van der Waals surface area contributed by atoms with Crippen LogP contribution in [0.25, 0.3) is 0 Å². The molecule has 1 unspecified atom stereocenters. The van der Waals surface area contributed by atoms with Gasteiger partial charge in [-0.15, -0.1) is 0 Å². The molecule has 1 heterocycles. The average Bonchev–Trinajstić information content (AvgIpc) is 2.29. The van der Waals surface area contributed by atoms with Crippen molar-refractivity contribution in [2.45, 2.75) is 45.3 Å². The molecular weight excluding hydrogens is 182 g/mol. The van der Waals surface area contributed by atoms with Gasteiger partial charge in [-0.1, -0.05) is 0 Å². The predicted octanol–water partition coefficient (Wildman–Crippen LogP) is 0.649. The number of hydrogen-bond acceptors (Lipinski definition) is 3. The number of amides is 1. The first-order valence-corrected chi connectivity index (χ1v) is 4.84. The molecule has 1 atom stereocenters. The van der Waals surface area contributed by atoms with Gasteiger partial charge in [-0.05, 0) is 27.2 Å². The molecule has 4 heteroatoms. The highest BCUT2D eigenvalue weighted by Crippen LogP contribution is 2.24. The summed E-state index contributed by atoms with van der Waals surface area (Å²) in [5.74, 6) is -0.319. The number of carbonyl (C=O) groups excluding carboxylic acids is 2. The molecule has 0 aromatic carbocycles. The number of carbonyl (C=O) groups is 2. The monoisotopic (exact) mass is 199 g/mol. The van der Waals surface area contributed by atoms with E-state index in [0.29, 0.717) is 6.61 Å². The number of ether oxygens (including phenoxy) is 1. The van der Waals surface area contributed by atoms with Crippen molar-refractivity contribution >= 4 is 11.7 Å². The lowest BCUT2D eigenvalue weighted by Gasteiger charge is -2.26. The fourth-order valence-corrected chi connectivity index (χ4v) is 1.61. The van der Waals surface area contributed by atoms with E-state index in [4.69, 9.17) is 4.74 Å². The summed E-state index contributed by atoms with van der Waals surface area (Å²) < 4.78 is 5.46. The number of ketones is 1. The van der Waals surface area contributed by atoms with Gasteiger partial charge >= 0.3 is 0 Å². The predicted molar refractivity (Wildman–Crippen MR) is 51.9 cm³/mol. The summed E-state index contributed by atoms with van der Waals surface area (Å²) >= 11 is 0. The van der Waals surface area contributed by atoms with E-state index in [1.807, 2.05) is 13.8 Å². The fraction of sp³-hybridized carbons (Fsp3) is 0.800. The van der Waals surface area contributed by atoms with Crippen molar-refractivity contribution in [3.8, 4) is 0 Å². The molecule has 80 valence electrons. The molecule has 0 spiro atoms. The van der Waals surface area contributed by atoms with Crippen LogP contribution >= 0.6 is 0 Å². The maximum absolute atomic E-state index is 11.3. The molecule has 0 aliphatic carbocycles. The van der Waals surface area contributed by atoms with Crippen LogP contribution in [0, 0.1) is 0 Å². The average molecular weight is 199 g/mol. The van der Waals surface area contributed by atoms with Crippen molar-refractivity contribution in [3.63, 3.8) is 0 Å². The van der Waals surface area contributed by atoms with Crippen molar-refractivity contribution in [1.29, 1.82) is 0 Å². The number of hydrogen-bond donors (Lipinski definition) is 1. The Bertz CT molecular complexity index is 248. The van der Waals surface area contributed by atoms with Gasteiger partial charge in [0.1, 0.15) is 5.78 Å². The van der Waals surface area contributed by atoms with Gasteiger partial charge in [0.15, 0.2) is 0 Å². The van der Waals surface area contributed by atoms with Crippen LogP contribution in [0.4, 0.5) is 0 Å². The number of nitrogens with one attached hydrogen (secondary N) is 1. The standard InChI is InChI=1S/C10H17NO3/c1-7(12)6-9(13)11-8-4-5-14-10(8,2)3/h8H,4-6H2,1-3H3,(H,11,13). The van der Waals surface area contributed by atoms with Crippen LogP contribution in [-0.4, -0.2) is 29.9 Å². The lowest BCUT2D eigenvalue weighted by atomic mass is 9.99. The summed E-state index contributed by atoms with van der Waals surface area (Å²) in [6.07, 6.45) is 0.781. The zero-order valence-corrected chi connectivity index (χ0v) is 8.92. The van der Waals surface area contributed by atoms with Gasteiger partial charge in [-0.3, -0.25) is 9.59 Å². The molecule has 1 aliphatic rings. The molecule has 1 rings (SSSR count). The smallest absolute Gasteiger partial charge is 0.227 e. The van der Waals surface area contributed by atoms with Crippen LogP contribution in [0.15, 0.2) is 0 Å². The summed E-state index contributed by atoms with van der Waals surface area (Å²) in [5, 5.41) is 2.82. The normalized spacial score (nSPS) is 24.6. The van der Waals surface area contributed by atoms with Crippen LogP contribution in [-0.2, 0) is 14.3 Å². The van der Waals surface area contributed by atoms with E-state index in [0.717, 1.165) is 6.42 Å². The van der Waals surface area contributed by atoms with Crippen molar-refractivity contribution in [2.75, 3.05) is 6.61 Å². The molecule has 1 aliphatic heterocycles. The van der Waals surface area contributed by atoms with E-state index in [1.54, 1.807) is 0 Å². The molecule has 0 saturated carbocycles. The SMILES string of the molecule is CC(=O)CC(=O)NC1CCOC1(C)C. The van der Waals surface area contributed by atoms with E-state index in [9.17, 15) is 9.59 Å². The minimum Gasteiger partial charge on any atom is -0.373 e. The first-order chi connectivity index (χ1) is 6.42. The fourth-order valence-electron chi connectivity index (χ4n) is 1.61. The lowest BCUT2D eigenvalue weighted by molar-refractivity contribution is -0.128. The van der Waals surface area contributed by atoms with Crippen LogP contribution in [0.3, 0.4) is 0 Å². The van der Waals surface area contributed by atoms with Crippen molar-refractivity contribution in [1.82, 2.24) is 5.32 Å². The highest BCUT2D eigenvalue weighted by Gasteiger charge is 2.36. The minimum absolute atomic E-state index is 0.0225. The first-order valence-electron chi connectivity index (χ1n) is 4.84. The second kappa shape index (κ2) is 4.09. The third-order valence-corrected chi connectivity index (χ3v) is 2.46. The van der Waals surface area contributed by atoms with E-state index in [2.05, 4.69) is 5.32 Å². The van der Waals surface area contributed by atoms with Gasteiger partial charge in [-0.25, -0.2) is 0 Å². The van der Waals surface area contributed by atoms with Gasteiger partial charge < -0.3 is 10.1 Å². The third kappa shape index (κ3) is 2.80. The topological polar surface area (TPSA) is 55.4 Å². The maximum Gasteiger partial charge on any atom is 0.227 e. The minimum atomic E-state index is -0.313. The highest BCUT2D eigenvalue weighted by molar-refractivity contribution is 5.96. The van der Waals surface area contributed by atoms with Crippen molar-refractivity contribution in [3.05, 3.63) is 0 Å². The van der Waals surface area contributed by atoms with E-state index < -0.39 is 0 Å². The molecular formula is C10H17NO3.